The number of ether oxygens (including phenoxy) is 1. The van der Waals surface area contributed by atoms with E-state index in [0.717, 1.165) is 5.56 Å². The molecule has 0 spiro atoms. The molecule has 0 aliphatic rings. The summed E-state index contributed by atoms with van der Waals surface area (Å²) in [6, 6.07) is 4.39. The van der Waals surface area contributed by atoms with Gasteiger partial charge in [0.2, 0.25) is 0 Å². The highest BCUT2D eigenvalue weighted by atomic mass is 35.5. The number of hydrogen-bond acceptors (Lipinski definition) is 4. The van der Waals surface area contributed by atoms with Crippen LogP contribution in [0.4, 0.5) is 0 Å². The lowest BCUT2D eigenvalue weighted by Gasteiger charge is -2.08. The molecule has 0 bridgehead atoms. The average Bonchev–Trinajstić information content (AvgIpc) is 2.31. The van der Waals surface area contributed by atoms with Crippen molar-refractivity contribution in [1.29, 1.82) is 0 Å². The molecule has 0 atom stereocenters. The molecular formula is C14H11ClO4. The summed E-state index contributed by atoms with van der Waals surface area (Å²) in [5, 5.41) is 0.957. The maximum atomic E-state index is 11.5. The number of fused-ring (bicyclic) bond motifs is 1. The zero-order chi connectivity index (χ0) is 14.2. The Morgan fingerprint density at radius 3 is 2.68 bits per heavy atom. The van der Waals surface area contributed by atoms with Gasteiger partial charge in [0, 0.05) is 23.1 Å². The third-order valence-corrected chi connectivity index (χ3v) is 2.85. The summed E-state index contributed by atoms with van der Waals surface area (Å²) >= 11 is 6.04. The Hall–Kier alpha value is -2.07. The number of esters is 1. The number of rotatable bonds is 2. The van der Waals surface area contributed by atoms with Gasteiger partial charge in [0.05, 0.1) is 5.02 Å². The van der Waals surface area contributed by atoms with Gasteiger partial charge in [-0.25, -0.2) is 9.59 Å². The molecule has 0 fully saturated rings. The van der Waals surface area contributed by atoms with Gasteiger partial charge < -0.3 is 9.15 Å². The minimum atomic E-state index is -0.587. The summed E-state index contributed by atoms with van der Waals surface area (Å²) in [4.78, 5) is 22.8. The van der Waals surface area contributed by atoms with Crippen LogP contribution in [0.3, 0.4) is 0 Å². The number of benzene rings is 1. The Morgan fingerprint density at radius 2 is 2.05 bits per heavy atom. The summed E-state index contributed by atoms with van der Waals surface area (Å²) in [5.74, 6) is -0.452. The number of carbonyl (C=O) groups excluding carboxylic acids is 1. The Kier molecular flexibility index (Phi) is 3.44. The lowest BCUT2D eigenvalue weighted by atomic mass is 10.1. The van der Waals surface area contributed by atoms with E-state index in [9.17, 15) is 9.59 Å². The predicted molar refractivity (Wildman–Crippen MR) is 72.7 cm³/mol. The van der Waals surface area contributed by atoms with Gasteiger partial charge in [-0.1, -0.05) is 18.2 Å². The molecule has 0 saturated carbocycles. The van der Waals surface area contributed by atoms with Crippen LogP contribution in [0.2, 0.25) is 5.02 Å². The molecular weight excluding hydrogens is 268 g/mol. The van der Waals surface area contributed by atoms with Crippen molar-refractivity contribution in [3.8, 4) is 5.75 Å². The zero-order valence-electron chi connectivity index (χ0n) is 10.5. The molecule has 2 aromatic rings. The van der Waals surface area contributed by atoms with E-state index in [1.807, 2.05) is 0 Å². The van der Waals surface area contributed by atoms with E-state index in [1.165, 1.54) is 19.1 Å². The fourth-order valence-electron chi connectivity index (χ4n) is 1.58. The molecule has 0 aliphatic carbocycles. The van der Waals surface area contributed by atoms with E-state index in [2.05, 4.69) is 6.58 Å². The van der Waals surface area contributed by atoms with Crippen LogP contribution in [0.25, 0.3) is 11.0 Å². The minimum absolute atomic E-state index is 0.135. The molecule has 1 aromatic carbocycles. The molecule has 0 N–H and O–H groups in total. The third-order valence-electron chi connectivity index (χ3n) is 2.55. The monoisotopic (exact) mass is 278 g/mol. The van der Waals surface area contributed by atoms with Crippen LogP contribution in [0, 0.1) is 6.92 Å². The number of aryl methyl sites for hydroxylation is 1. The SMILES string of the molecule is C=C(C)C(=O)Oc1cc2oc(=O)cc(C)c2cc1Cl. The second kappa shape index (κ2) is 4.90. The van der Waals surface area contributed by atoms with E-state index in [0.29, 0.717) is 11.0 Å². The van der Waals surface area contributed by atoms with Crippen molar-refractivity contribution >= 4 is 28.5 Å². The van der Waals surface area contributed by atoms with Gasteiger partial charge in [0.25, 0.3) is 0 Å². The largest absolute Gasteiger partial charge is 0.423 e. The van der Waals surface area contributed by atoms with E-state index < -0.39 is 11.6 Å². The quantitative estimate of drug-likeness (QED) is 0.366. The van der Waals surface area contributed by atoms with Gasteiger partial charge in [-0.3, -0.25) is 0 Å². The van der Waals surface area contributed by atoms with E-state index in [4.69, 9.17) is 20.8 Å². The topological polar surface area (TPSA) is 56.5 Å². The van der Waals surface area contributed by atoms with Gasteiger partial charge in [-0.2, -0.15) is 0 Å². The Morgan fingerprint density at radius 1 is 1.37 bits per heavy atom. The fourth-order valence-corrected chi connectivity index (χ4v) is 1.79. The van der Waals surface area contributed by atoms with Crippen LogP contribution in [-0.4, -0.2) is 5.97 Å². The Bertz CT molecular complexity index is 743. The van der Waals surface area contributed by atoms with Crippen LogP contribution in [0.5, 0.6) is 5.75 Å². The average molecular weight is 279 g/mol. The van der Waals surface area contributed by atoms with Gasteiger partial charge in [0.1, 0.15) is 5.58 Å². The standard InChI is InChI=1S/C14H11ClO4/c1-7(2)14(17)19-12-6-11-9(5-10(12)15)8(3)4-13(16)18-11/h4-6H,1H2,2-3H3. The first-order valence-electron chi connectivity index (χ1n) is 5.50. The summed E-state index contributed by atoms with van der Waals surface area (Å²) in [6.45, 7) is 6.78. The summed E-state index contributed by atoms with van der Waals surface area (Å²) in [7, 11) is 0. The summed E-state index contributed by atoms with van der Waals surface area (Å²) in [6.07, 6.45) is 0. The van der Waals surface area contributed by atoms with Crippen LogP contribution in [0.15, 0.2) is 39.6 Å². The van der Waals surface area contributed by atoms with Crippen molar-refractivity contribution in [1.82, 2.24) is 0 Å². The Balaban J connectivity index is 2.58. The van der Waals surface area contributed by atoms with Crippen LogP contribution >= 0.6 is 11.6 Å². The zero-order valence-corrected chi connectivity index (χ0v) is 11.2. The van der Waals surface area contributed by atoms with Crippen molar-refractivity contribution < 1.29 is 13.9 Å². The summed E-state index contributed by atoms with van der Waals surface area (Å²) in [5.41, 5.74) is 0.844. The molecule has 1 heterocycles. The molecule has 4 nitrogen and oxygen atoms in total. The first-order valence-corrected chi connectivity index (χ1v) is 5.88. The van der Waals surface area contributed by atoms with Crippen molar-refractivity contribution in [3.63, 3.8) is 0 Å². The first-order chi connectivity index (χ1) is 8.88. The number of hydrogen-bond donors (Lipinski definition) is 0. The number of halogens is 1. The molecule has 19 heavy (non-hydrogen) atoms. The van der Waals surface area contributed by atoms with Crippen molar-refractivity contribution in [3.05, 3.63) is 51.4 Å². The molecule has 0 unspecified atom stereocenters. The van der Waals surface area contributed by atoms with Crippen LogP contribution in [0.1, 0.15) is 12.5 Å². The molecule has 0 saturated heterocycles. The van der Waals surface area contributed by atoms with E-state index in [-0.39, 0.29) is 16.3 Å². The highest BCUT2D eigenvalue weighted by molar-refractivity contribution is 6.33. The van der Waals surface area contributed by atoms with E-state index in [1.54, 1.807) is 13.0 Å². The minimum Gasteiger partial charge on any atom is -0.423 e. The second-order valence-corrected chi connectivity index (χ2v) is 4.60. The predicted octanol–water partition coefficient (Wildman–Crippen LogP) is 3.24. The van der Waals surface area contributed by atoms with Gasteiger partial charge in [0.15, 0.2) is 5.75 Å². The molecule has 0 aliphatic heterocycles. The fraction of sp³-hybridized carbons (Fsp3) is 0.143. The molecule has 0 amide bonds. The van der Waals surface area contributed by atoms with E-state index >= 15 is 0 Å². The smallest absolute Gasteiger partial charge is 0.338 e. The Labute approximate surface area is 114 Å². The number of carbonyl (C=O) groups is 1. The van der Waals surface area contributed by atoms with Crippen molar-refractivity contribution in [2.24, 2.45) is 0 Å². The highest BCUT2D eigenvalue weighted by Gasteiger charge is 2.12. The molecule has 2 rings (SSSR count). The third kappa shape index (κ3) is 2.69. The van der Waals surface area contributed by atoms with Crippen LogP contribution in [-0.2, 0) is 4.79 Å². The van der Waals surface area contributed by atoms with Crippen molar-refractivity contribution in [2.45, 2.75) is 13.8 Å². The first kappa shape index (κ1) is 13.4. The highest BCUT2D eigenvalue weighted by Crippen LogP contribution is 2.31. The van der Waals surface area contributed by atoms with Gasteiger partial charge in [-0.05, 0) is 25.5 Å². The van der Waals surface area contributed by atoms with Gasteiger partial charge >= 0.3 is 11.6 Å². The lowest BCUT2D eigenvalue weighted by Crippen LogP contribution is -2.08. The van der Waals surface area contributed by atoms with Crippen molar-refractivity contribution in [2.75, 3.05) is 0 Å². The normalized spacial score (nSPS) is 10.5. The molecule has 98 valence electrons. The van der Waals surface area contributed by atoms with Crippen LogP contribution < -0.4 is 10.4 Å². The molecule has 1 aromatic heterocycles. The lowest BCUT2D eigenvalue weighted by molar-refractivity contribution is -0.130. The molecule has 5 heteroatoms. The maximum absolute atomic E-state index is 11.5. The molecule has 0 radical (unpaired) electrons. The van der Waals surface area contributed by atoms with Gasteiger partial charge in [-0.15, -0.1) is 0 Å². The second-order valence-electron chi connectivity index (χ2n) is 4.20. The maximum Gasteiger partial charge on any atom is 0.338 e. The summed E-state index contributed by atoms with van der Waals surface area (Å²) < 4.78 is 10.1.